The summed E-state index contributed by atoms with van der Waals surface area (Å²) in [6.45, 7) is 3.43. The Kier molecular flexibility index (Phi) is 5.08. The number of nitrogens with two attached hydrogens (primary N) is 2. The maximum Gasteiger partial charge on any atom is 0.258 e. The number of hydrogen-bond acceptors (Lipinski definition) is 4. The maximum atomic E-state index is 11.6. The minimum Gasteiger partial charge on any atom is -0.483 e. The van der Waals surface area contributed by atoms with Gasteiger partial charge in [0.2, 0.25) is 11.8 Å². The summed E-state index contributed by atoms with van der Waals surface area (Å²) in [4.78, 5) is 33.4. The predicted molar refractivity (Wildman–Crippen MR) is 71.7 cm³/mol. The fraction of sp³-hybridized carbons (Fsp3) is 0.308. The van der Waals surface area contributed by atoms with E-state index < -0.39 is 23.8 Å². The van der Waals surface area contributed by atoms with E-state index >= 15 is 0 Å². The van der Waals surface area contributed by atoms with Crippen molar-refractivity contribution in [2.24, 2.45) is 11.5 Å². The summed E-state index contributed by atoms with van der Waals surface area (Å²) in [5, 5.41) is 2.11. The second kappa shape index (κ2) is 6.55. The lowest BCUT2D eigenvalue weighted by molar-refractivity contribution is -0.134. The molecule has 0 bridgehead atoms. The number of carbonyl (C=O) groups is 3. The fourth-order valence-electron chi connectivity index (χ4n) is 1.51. The number of rotatable bonds is 6. The van der Waals surface area contributed by atoms with Crippen LogP contribution in [-0.2, 0) is 14.4 Å². The van der Waals surface area contributed by atoms with E-state index in [2.05, 4.69) is 5.32 Å². The molecule has 1 rings (SSSR count). The molecule has 3 amide bonds. The van der Waals surface area contributed by atoms with E-state index in [4.69, 9.17) is 16.2 Å². The normalized spacial score (nSPS) is 10.2. The Morgan fingerprint density at radius 3 is 2.35 bits per heavy atom. The van der Waals surface area contributed by atoms with Crippen LogP contribution in [0.4, 0.5) is 0 Å². The van der Waals surface area contributed by atoms with Crippen molar-refractivity contribution in [1.82, 2.24) is 5.32 Å². The van der Waals surface area contributed by atoms with Gasteiger partial charge in [-0.3, -0.25) is 14.4 Å². The molecular formula is C13H17N3O4. The van der Waals surface area contributed by atoms with Gasteiger partial charge in [0.1, 0.15) is 5.75 Å². The number of carbonyl (C=O) groups excluding carboxylic acids is 3. The summed E-state index contributed by atoms with van der Waals surface area (Å²) in [6.07, 6.45) is 0. The second-order valence-electron chi connectivity index (χ2n) is 4.29. The number of aryl methyl sites for hydroxylation is 1. The Morgan fingerprint density at radius 2 is 1.80 bits per heavy atom. The highest BCUT2D eigenvalue weighted by molar-refractivity contribution is 6.05. The highest BCUT2D eigenvalue weighted by Gasteiger charge is 2.23. The van der Waals surface area contributed by atoms with Gasteiger partial charge >= 0.3 is 0 Å². The first-order chi connectivity index (χ1) is 9.32. The first-order valence-corrected chi connectivity index (χ1v) is 5.90. The predicted octanol–water partition coefficient (Wildman–Crippen LogP) is -0.862. The average molecular weight is 279 g/mol. The van der Waals surface area contributed by atoms with E-state index in [1.807, 2.05) is 19.9 Å². The summed E-state index contributed by atoms with van der Waals surface area (Å²) >= 11 is 0. The molecule has 108 valence electrons. The molecule has 0 atom stereocenters. The third kappa shape index (κ3) is 3.98. The van der Waals surface area contributed by atoms with E-state index in [1.54, 1.807) is 12.1 Å². The van der Waals surface area contributed by atoms with Gasteiger partial charge in [-0.2, -0.15) is 0 Å². The third-order valence-electron chi connectivity index (χ3n) is 2.79. The van der Waals surface area contributed by atoms with Crippen LogP contribution in [0.5, 0.6) is 5.75 Å². The molecule has 7 nitrogen and oxygen atoms in total. The molecule has 1 aromatic rings. The second-order valence-corrected chi connectivity index (χ2v) is 4.29. The van der Waals surface area contributed by atoms with E-state index in [1.165, 1.54) is 0 Å². The molecular weight excluding hydrogens is 262 g/mol. The van der Waals surface area contributed by atoms with Gasteiger partial charge in [0.25, 0.3) is 5.91 Å². The number of hydrogen-bond donors (Lipinski definition) is 3. The van der Waals surface area contributed by atoms with Gasteiger partial charge in [-0.25, -0.2) is 0 Å². The first-order valence-electron chi connectivity index (χ1n) is 5.90. The molecule has 0 saturated heterocycles. The molecule has 0 radical (unpaired) electrons. The molecule has 0 fully saturated rings. The zero-order valence-electron chi connectivity index (χ0n) is 11.3. The van der Waals surface area contributed by atoms with Crippen LogP contribution in [0.2, 0.25) is 0 Å². The van der Waals surface area contributed by atoms with Crippen LogP contribution in [0.1, 0.15) is 11.1 Å². The van der Waals surface area contributed by atoms with E-state index in [0.29, 0.717) is 5.75 Å². The number of benzene rings is 1. The Hall–Kier alpha value is -2.57. The zero-order valence-corrected chi connectivity index (χ0v) is 11.3. The number of nitrogens with one attached hydrogen (secondary N) is 1. The summed E-state index contributed by atoms with van der Waals surface area (Å²) in [6, 6.07) is 3.89. The lowest BCUT2D eigenvalue weighted by Crippen LogP contribution is -2.53. The van der Waals surface area contributed by atoms with Gasteiger partial charge in [0.05, 0.1) is 0 Å². The highest BCUT2D eigenvalue weighted by atomic mass is 16.5. The topological polar surface area (TPSA) is 125 Å². The molecule has 0 aliphatic carbocycles. The van der Waals surface area contributed by atoms with Crippen molar-refractivity contribution in [3.63, 3.8) is 0 Å². The average Bonchev–Trinajstić information content (AvgIpc) is 2.37. The van der Waals surface area contributed by atoms with Crippen molar-refractivity contribution in [2.75, 3.05) is 6.61 Å². The highest BCUT2D eigenvalue weighted by Crippen LogP contribution is 2.20. The Morgan fingerprint density at radius 1 is 1.20 bits per heavy atom. The van der Waals surface area contributed by atoms with E-state index in [9.17, 15) is 14.4 Å². The molecule has 0 aliphatic heterocycles. The van der Waals surface area contributed by atoms with Crippen LogP contribution in [-0.4, -0.2) is 30.4 Å². The van der Waals surface area contributed by atoms with Crippen molar-refractivity contribution < 1.29 is 19.1 Å². The molecule has 7 heteroatoms. The monoisotopic (exact) mass is 279 g/mol. The number of primary amides is 2. The van der Waals surface area contributed by atoms with Gasteiger partial charge in [0, 0.05) is 0 Å². The quantitative estimate of drug-likeness (QED) is 0.586. The molecule has 0 aromatic heterocycles. The molecule has 0 heterocycles. The SMILES string of the molecule is Cc1cccc(OCC(=O)NC(C(N)=O)C(N)=O)c1C. The van der Waals surface area contributed by atoms with E-state index in [0.717, 1.165) is 11.1 Å². The minimum absolute atomic E-state index is 0.346. The smallest absolute Gasteiger partial charge is 0.258 e. The third-order valence-corrected chi connectivity index (χ3v) is 2.79. The van der Waals surface area contributed by atoms with Gasteiger partial charge in [-0.15, -0.1) is 0 Å². The van der Waals surface area contributed by atoms with Crippen molar-refractivity contribution in [3.8, 4) is 5.75 Å². The lowest BCUT2D eigenvalue weighted by atomic mass is 10.1. The van der Waals surface area contributed by atoms with Crippen LogP contribution in [0.15, 0.2) is 18.2 Å². The summed E-state index contributed by atoms with van der Waals surface area (Å²) < 4.78 is 5.32. The van der Waals surface area contributed by atoms with Gasteiger partial charge in [0.15, 0.2) is 12.6 Å². The van der Waals surface area contributed by atoms with Gasteiger partial charge in [-0.1, -0.05) is 12.1 Å². The van der Waals surface area contributed by atoms with Crippen LogP contribution in [0.3, 0.4) is 0 Å². The van der Waals surface area contributed by atoms with Crippen LogP contribution in [0, 0.1) is 13.8 Å². The van der Waals surface area contributed by atoms with Gasteiger partial charge < -0.3 is 21.5 Å². The first kappa shape index (κ1) is 15.5. The van der Waals surface area contributed by atoms with Crippen molar-refractivity contribution in [1.29, 1.82) is 0 Å². The summed E-state index contributed by atoms with van der Waals surface area (Å²) in [7, 11) is 0. The van der Waals surface area contributed by atoms with Crippen LogP contribution < -0.4 is 21.5 Å². The minimum atomic E-state index is -1.54. The van der Waals surface area contributed by atoms with Crippen LogP contribution in [0.25, 0.3) is 0 Å². The number of ether oxygens (including phenoxy) is 1. The number of amides is 3. The largest absolute Gasteiger partial charge is 0.483 e. The summed E-state index contributed by atoms with van der Waals surface area (Å²) in [5.41, 5.74) is 11.8. The zero-order chi connectivity index (χ0) is 15.3. The Bertz CT molecular complexity index is 528. The van der Waals surface area contributed by atoms with Crippen molar-refractivity contribution in [3.05, 3.63) is 29.3 Å². The molecule has 1 aromatic carbocycles. The van der Waals surface area contributed by atoms with Crippen molar-refractivity contribution >= 4 is 17.7 Å². The molecule has 20 heavy (non-hydrogen) atoms. The van der Waals surface area contributed by atoms with Gasteiger partial charge in [-0.05, 0) is 31.0 Å². The molecule has 5 N–H and O–H groups in total. The molecule has 0 spiro atoms. The Balaban J connectivity index is 2.61. The van der Waals surface area contributed by atoms with Crippen molar-refractivity contribution in [2.45, 2.75) is 19.9 Å². The maximum absolute atomic E-state index is 11.6. The molecule has 0 unspecified atom stereocenters. The molecule has 0 aliphatic rings. The van der Waals surface area contributed by atoms with E-state index in [-0.39, 0.29) is 6.61 Å². The Labute approximate surface area is 116 Å². The lowest BCUT2D eigenvalue weighted by Gasteiger charge is -2.13. The molecule has 0 saturated carbocycles. The summed E-state index contributed by atoms with van der Waals surface area (Å²) in [5.74, 6) is -2.14. The standard InChI is InChI=1S/C13H17N3O4/c1-7-4-3-5-9(8(7)2)20-6-10(17)16-11(12(14)18)13(15)19/h3-5,11H,6H2,1-2H3,(H2,14,18)(H2,15,19)(H,16,17). The fourth-order valence-corrected chi connectivity index (χ4v) is 1.51. The van der Waals surface area contributed by atoms with Crippen LogP contribution >= 0.6 is 0 Å².